The first-order valence-electron chi connectivity index (χ1n) is 5.07. The van der Waals surface area contributed by atoms with E-state index in [2.05, 4.69) is 24.6 Å². The summed E-state index contributed by atoms with van der Waals surface area (Å²) in [6.07, 6.45) is 3.83. The molecule has 1 aliphatic heterocycles. The van der Waals surface area contributed by atoms with Crippen molar-refractivity contribution >= 4 is 17.4 Å². The molecule has 3 heterocycles. The van der Waals surface area contributed by atoms with Crippen molar-refractivity contribution in [1.29, 1.82) is 0 Å². The normalized spacial score (nSPS) is 14.9. The highest BCUT2D eigenvalue weighted by Crippen LogP contribution is 2.17. The first-order valence-corrected chi connectivity index (χ1v) is 5.45. The van der Waals surface area contributed by atoms with Crippen molar-refractivity contribution in [2.45, 2.75) is 13.1 Å². The van der Waals surface area contributed by atoms with Crippen molar-refractivity contribution in [3.63, 3.8) is 0 Å². The van der Waals surface area contributed by atoms with E-state index >= 15 is 0 Å². The summed E-state index contributed by atoms with van der Waals surface area (Å²) in [5.74, 6) is 1.90. The third-order valence-electron chi connectivity index (χ3n) is 2.69. The highest BCUT2D eigenvalue weighted by atomic mass is 35.5. The first kappa shape index (κ1) is 9.59. The molecule has 0 fully saturated rings. The molecule has 0 radical (unpaired) electrons. The zero-order valence-corrected chi connectivity index (χ0v) is 9.30. The van der Waals surface area contributed by atoms with E-state index in [0.717, 1.165) is 31.3 Å². The van der Waals surface area contributed by atoms with E-state index in [-0.39, 0.29) is 0 Å². The lowest BCUT2D eigenvalue weighted by atomic mass is 10.3. The molecule has 5 nitrogen and oxygen atoms in total. The van der Waals surface area contributed by atoms with Gasteiger partial charge in [-0.25, -0.2) is 4.98 Å². The summed E-state index contributed by atoms with van der Waals surface area (Å²) in [4.78, 5) is 6.44. The van der Waals surface area contributed by atoms with Gasteiger partial charge in [-0.2, -0.15) is 0 Å². The van der Waals surface area contributed by atoms with Crippen molar-refractivity contribution in [1.82, 2.24) is 19.7 Å². The Hall–Kier alpha value is -1.62. The zero-order chi connectivity index (χ0) is 11.0. The summed E-state index contributed by atoms with van der Waals surface area (Å²) < 4.78 is 2.15. The fourth-order valence-electron chi connectivity index (χ4n) is 1.85. The van der Waals surface area contributed by atoms with Crippen molar-refractivity contribution < 1.29 is 0 Å². The number of hydrogen-bond donors (Lipinski definition) is 0. The molecule has 0 bridgehead atoms. The number of halogens is 1. The molecule has 82 valence electrons. The Morgan fingerprint density at radius 2 is 2.12 bits per heavy atom. The van der Waals surface area contributed by atoms with Crippen LogP contribution in [0.4, 0.5) is 5.82 Å². The van der Waals surface area contributed by atoms with E-state index in [1.54, 1.807) is 6.07 Å². The number of anilines is 1. The Kier molecular flexibility index (Phi) is 2.25. The average Bonchev–Trinajstić information content (AvgIpc) is 2.77. The Balaban J connectivity index is 1.86. The van der Waals surface area contributed by atoms with Crippen molar-refractivity contribution in [3.8, 4) is 0 Å². The van der Waals surface area contributed by atoms with Crippen LogP contribution in [0.25, 0.3) is 0 Å². The van der Waals surface area contributed by atoms with Gasteiger partial charge in [0.05, 0.1) is 6.54 Å². The van der Waals surface area contributed by atoms with Gasteiger partial charge in [-0.1, -0.05) is 11.6 Å². The van der Waals surface area contributed by atoms with E-state index in [1.165, 1.54) is 0 Å². The van der Waals surface area contributed by atoms with Crippen molar-refractivity contribution in [2.24, 2.45) is 0 Å². The Morgan fingerprint density at radius 1 is 1.19 bits per heavy atom. The second kappa shape index (κ2) is 3.75. The Bertz CT molecular complexity index is 492. The fraction of sp³-hybridized carbons (Fsp3) is 0.300. The van der Waals surface area contributed by atoms with Gasteiger partial charge in [0.1, 0.15) is 5.82 Å². The third-order valence-corrected chi connectivity index (χ3v) is 2.89. The molecule has 0 N–H and O–H groups in total. The molecule has 16 heavy (non-hydrogen) atoms. The van der Waals surface area contributed by atoms with Crippen LogP contribution in [0, 0.1) is 0 Å². The van der Waals surface area contributed by atoms with E-state index in [9.17, 15) is 0 Å². The maximum absolute atomic E-state index is 5.71. The molecule has 0 amide bonds. The van der Waals surface area contributed by atoms with E-state index in [1.807, 2.05) is 18.5 Å². The van der Waals surface area contributed by atoms with Gasteiger partial charge in [-0.05, 0) is 12.1 Å². The molecule has 0 atom stereocenters. The van der Waals surface area contributed by atoms with Crippen LogP contribution >= 0.6 is 11.6 Å². The van der Waals surface area contributed by atoms with Gasteiger partial charge in [0.15, 0.2) is 11.0 Å². The van der Waals surface area contributed by atoms with Gasteiger partial charge in [0.2, 0.25) is 0 Å². The molecule has 0 aliphatic carbocycles. The molecule has 0 unspecified atom stereocenters. The van der Waals surface area contributed by atoms with Crippen LogP contribution in [-0.4, -0.2) is 26.3 Å². The van der Waals surface area contributed by atoms with Crippen LogP contribution < -0.4 is 4.90 Å². The number of rotatable bonds is 1. The second-order valence-electron chi connectivity index (χ2n) is 3.67. The second-order valence-corrected chi connectivity index (χ2v) is 4.06. The first-order chi connectivity index (χ1) is 7.83. The lowest BCUT2D eigenvalue weighted by Crippen LogP contribution is -2.34. The highest BCUT2D eigenvalue weighted by molar-refractivity contribution is 6.29. The summed E-state index contributed by atoms with van der Waals surface area (Å²) in [7, 11) is 0. The van der Waals surface area contributed by atoms with Crippen molar-refractivity contribution in [3.05, 3.63) is 35.5 Å². The minimum Gasteiger partial charge on any atom is -0.346 e. The number of nitrogens with zero attached hydrogens (tertiary/aromatic N) is 5. The standard InChI is InChI=1S/C10H10ClN5/c11-8-1-2-9(14-13-8)16-6-5-15-4-3-12-10(15)7-16/h1-4H,5-7H2. The van der Waals surface area contributed by atoms with Crippen molar-refractivity contribution in [2.75, 3.05) is 11.4 Å². The molecule has 0 saturated heterocycles. The molecular weight excluding hydrogens is 226 g/mol. The number of aromatic nitrogens is 4. The molecule has 0 aromatic carbocycles. The predicted molar refractivity (Wildman–Crippen MR) is 60.3 cm³/mol. The quantitative estimate of drug-likeness (QED) is 0.749. The van der Waals surface area contributed by atoms with Gasteiger partial charge in [0.25, 0.3) is 0 Å². The maximum Gasteiger partial charge on any atom is 0.151 e. The van der Waals surface area contributed by atoms with Crippen LogP contribution in [0.3, 0.4) is 0 Å². The molecule has 0 saturated carbocycles. The minimum atomic E-state index is 0.419. The lowest BCUT2D eigenvalue weighted by molar-refractivity contribution is 0.554. The molecule has 2 aromatic rings. The topological polar surface area (TPSA) is 46.8 Å². The fourth-order valence-corrected chi connectivity index (χ4v) is 1.95. The number of fused-ring (bicyclic) bond motifs is 1. The Morgan fingerprint density at radius 3 is 2.94 bits per heavy atom. The highest BCUT2D eigenvalue weighted by Gasteiger charge is 2.17. The minimum absolute atomic E-state index is 0.419. The molecule has 0 spiro atoms. The van der Waals surface area contributed by atoms with Gasteiger partial charge in [-0.15, -0.1) is 10.2 Å². The molecule has 2 aromatic heterocycles. The summed E-state index contributed by atoms with van der Waals surface area (Å²) >= 11 is 5.71. The largest absolute Gasteiger partial charge is 0.346 e. The molecular formula is C10H10ClN5. The van der Waals surface area contributed by atoms with Gasteiger partial charge >= 0.3 is 0 Å². The van der Waals surface area contributed by atoms with Gasteiger partial charge in [0, 0.05) is 25.5 Å². The summed E-state index contributed by atoms with van der Waals surface area (Å²) in [5.41, 5.74) is 0. The number of hydrogen-bond acceptors (Lipinski definition) is 4. The van der Waals surface area contributed by atoms with Gasteiger partial charge < -0.3 is 9.47 Å². The monoisotopic (exact) mass is 235 g/mol. The third kappa shape index (κ3) is 1.63. The average molecular weight is 236 g/mol. The SMILES string of the molecule is Clc1ccc(N2CCn3ccnc3C2)nn1. The zero-order valence-electron chi connectivity index (χ0n) is 8.54. The van der Waals surface area contributed by atoms with Gasteiger partial charge in [-0.3, -0.25) is 0 Å². The summed E-state index contributed by atoms with van der Waals surface area (Å²) in [6, 6.07) is 3.64. The predicted octanol–water partition coefficient (Wildman–Crippen LogP) is 1.35. The summed E-state index contributed by atoms with van der Waals surface area (Å²) in [6.45, 7) is 2.61. The molecule has 1 aliphatic rings. The van der Waals surface area contributed by atoms with Crippen LogP contribution in [0.2, 0.25) is 5.15 Å². The van der Waals surface area contributed by atoms with E-state index in [0.29, 0.717) is 5.15 Å². The van der Waals surface area contributed by atoms with E-state index in [4.69, 9.17) is 11.6 Å². The van der Waals surface area contributed by atoms with E-state index < -0.39 is 0 Å². The van der Waals surface area contributed by atoms with Crippen LogP contribution in [0.15, 0.2) is 24.5 Å². The smallest absolute Gasteiger partial charge is 0.151 e. The Labute approximate surface area is 97.7 Å². The summed E-state index contributed by atoms with van der Waals surface area (Å²) in [5, 5.41) is 8.33. The molecule has 3 rings (SSSR count). The van der Waals surface area contributed by atoms with Crippen LogP contribution in [0.5, 0.6) is 0 Å². The number of imidazole rings is 1. The lowest BCUT2D eigenvalue weighted by Gasteiger charge is -2.28. The molecule has 6 heteroatoms. The van der Waals surface area contributed by atoms with Crippen LogP contribution in [-0.2, 0) is 13.1 Å². The van der Waals surface area contributed by atoms with Crippen LogP contribution in [0.1, 0.15) is 5.82 Å². The maximum atomic E-state index is 5.71.